The third kappa shape index (κ3) is 2.81. The minimum atomic E-state index is -0.348. The number of aromatic nitrogens is 2. The second-order valence-electron chi connectivity index (χ2n) is 4.42. The van der Waals surface area contributed by atoms with Crippen LogP contribution in [0.25, 0.3) is 0 Å². The third-order valence-electron chi connectivity index (χ3n) is 3.10. The number of methoxy groups -OCH3 is 2. The van der Waals surface area contributed by atoms with Crippen LogP contribution in [-0.2, 0) is 16.0 Å². The van der Waals surface area contributed by atoms with Gasteiger partial charge in [0.2, 0.25) is 5.78 Å². The lowest BCUT2D eigenvalue weighted by molar-refractivity contribution is 0.0526. The van der Waals surface area contributed by atoms with E-state index in [0.29, 0.717) is 29.2 Å². The molecule has 1 aromatic heterocycles. The average molecular weight is 317 g/mol. The van der Waals surface area contributed by atoms with E-state index in [0.717, 1.165) is 12.8 Å². The Morgan fingerprint density at radius 1 is 1.61 bits per heavy atom. The van der Waals surface area contributed by atoms with Crippen molar-refractivity contribution in [2.24, 2.45) is 5.92 Å². The molecule has 0 radical (unpaired) electrons. The van der Waals surface area contributed by atoms with Gasteiger partial charge in [0.25, 0.3) is 0 Å². The molecule has 1 atom stereocenters. The van der Waals surface area contributed by atoms with Crippen molar-refractivity contribution < 1.29 is 14.3 Å². The second-order valence-corrected chi connectivity index (χ2v) is 5.27. The molecule has 0 saturated heterocycles. The Hall–Kier alpha value is -0.720. The topological polar surface area (TPSA) is 53.4 Å². The Morgan fingerprint density at radius 3 is 2.89 bits per heavy atom. The molecule has 100 valence electrons. The van der Waals surface area contributed by atoms with Gasteiger partial charge in [0, 0.05) is 14.2 Å². The summed E-state index contributed by atoms with van der Waals surface area (Å²) in [5.74, 6) is 0.362. The molecule has 1 aromatic rings. The van der Waals surface area contributed by atoms with Crippen molar-refractivity contribution in [3.63, 3.8) is 0 Å². The Labute approximate surface area is 115 Å². The highest BCUT2D eigenvalue weighted by Crippen LogP contribution is 2.36. The number of hydrogen-bond acceptors (Lipinski definition) is 4. The van der Waals surface area contributed by atoms with E-state index in [9.17, 15) is 4.79 Å². The van der Waals surface area contributed by atoms with Gasteiger partial charge >= 0.3 is 0 Å². The number of carbonyl (C=O) groups is 1. The molecule has 0 aromatic carbocycles. The third-order valence-corrected chi connectivity index (χ3v) is 3.68. The molecule has 1 saturated carbocycles. The summed E-state index contributed by atoms with van der Waals surface area (Å²) in [7, 11) is 3.22. The summed E-state index contributed by atoms with van der Waals surface area (Å²) >= 11 is 3.38. The summed E-state index contributed by atoms with van der Waals surface area (Å²) in [5.41, 5.74) is 0.575. The largest absolute Gasteiger partial charge is 0.383 e. The van der Waals surface area contributed by atoms with Crippen molar-refractivity contribution in [2.45, 2.75) is 25.5 Å². The number of carbonyl (C=O) groups excluding carboxylic acids is 1. The van der Waals surface area contributed by atoms with Crippen LogP contribution < -0.4 is 0 Å². The molecular weight excluding hydrogens is 300 g/mol. The van der Waals surface area contributed by atoms with Gasteiger partial charge in [0.15, 0.2) is 0 Å². The summed E-state index contributed by atoms with van der Waals surface area (Å²) in [6, 6.07) is 0. The summed E-state index contributed by atoms with van der Waals surface area (Å²) < 4.78 is 12.7. The zero-order chi connectivity index (χ0) is 13.1. The molecule has 1 unspecified atom stereocenters. The lowest BCUT2D eigenvalue weighted by Crippen LogP contribution is -2.28. The van der Waals surface area contributed by atoms with Crippen LogP contribution in [-0.4, -0.2) is 42.5 Å². The van der Waals surface area contributed by atoms with Crippen molar-refractivity contribution in [1.29, 1.82) is 0 Å². The van der Waals surface area contributed by atoms with E-state index in [-0.39, 0.29) is 11.9 Å². The number of ketones is 1. The first-order valence-corrected chi connectivity index (χ1v) is 6.75. The molecule has 2 rings (SSSR count). The van der Waals surface area contributed by atoms with E-state index in [1.54, 1.807) is 25.1 Å². The van der Waals surface area contributed by atoms with E-state index in [2.05, 4.69) is 21.0 Å². The molecule has 0 aliphatic heterocycles. The van der Waals surface area contributed by atoms with E-state index < -0.39 is 0 Å². The smallest absolute Gasteiger partial charge is 0.210 e. The van der Waals surface area contributed by atoms with Crippen molar-refractivity contribution in [2.75, 3.05) is 20.8 Å². The first-order valence-electron chi connectivity index (χ1n) is 5.96. The molecule has 1 aliphatic rings. The highest BCUT2D eigenvalue weighted by molar-refractivity contribution is 9.10. The molecule has 0 amide bonds. The number of rotatable bonds is 7. The van der Waals surface area contributed by atoms with Gasteiger partial charge in [-0.1, -0.05) is 0 Å². The second kappa shape index (κ2) is 5.95. The zero-order valence-corrected chi connectivity index (χ0v) is 12.1. The van der Waals surface area contributed by atoms with E-state index in [1.807, 2.05) is 0 Å². The molecule has 0 N–H and O–H groups in total. The molecule has 6 heteroatoms. The van der Waals surface area contributed by atoms with Gasteiger partial charge in [-0.05, 0) is 34.7 Å². The lowest BCUT2D eigenvalue weighted by atomic mass is 10.1. The Kier molecular flexibility index (Phi) is 4.53. The first-order chi connectivity index (χ1) is 8.69. The predicted molar refractivity (Wildman–Crippen MR) is 69.7 cm³/mol. The maximum atomic E-state index is 12.5. The van der Waals surface area contributed by atoms with Crippen LogP contribution in [0.2, 0.25) is 0 Å². The highest BCUT2D eigenvalue weighted by atomic mass is 79.9. The molecule has 1 fully saturated rings. The minimum absolute atomic E-state index is 0.000443. The minimum Gasteiger partial charge on any atom is -0.383 e. The van der Waals surface area contributed by atoms with Crippen LogP contribution >= 0.6 is 15.9 Å². The SMILES string of the molecule is COCCn1ncc(Br)c1C(=O)C(OC)C1CC1. The molecule has 18 heavy (non-hydrogen) atoms. The highest BCUT2D eigenvalue weighted by Gasteiger charge is 2.38. The molecule has 1 aliphatic carbocycles. The predicted octanol–water partition coefficient (Wildman–Crippen LogP) is 1.90. The number of hydrogen-bond donors (Lipinski definition) is 0. The van der Waals surface area contributed by atoms with E-state index in [4.69, 9.17) is 9.47 Å². The van der Waals surface area contributed by atoms with Crippen LogP contribution in [0.15, 0.2) is 10.7 Å². The van der Waals surface area contributed by atoms with Crippen molar-refractivity contribution in [3.8, 4) is 0 Å². The fourth-order valence-corrected chi connectivity index (χ4v) is 2.49. The first kappa shape index (κ1) is 13.7. The summed E-state index contributed by atoms with van der Waals surface area (Å²) in [5, 5.41) is 4.18. The zero-order valence-electron chi connectivity index (χ0n) is 10.6. The van der Waals surface area contributed by atoms with Crippen molar-refractivity contribution in [1.82, 2.24) is 9.78 Å². The Morgan fingerprint density at radius 2 is 2.33 bits per heavy atom. The maximum Gasteiger partial charge on any atom is 0.210 e. The van der Waals surface area contributed by atoms with Gasteiger partial charge in [0.1, 0.15) is 11.8 Å². The van der Waals surface area contributed by atoms with Gasteiger partial charge in [-0.15, -0.1) is 0 Å². The number of ether oxygens (including phenoxy) is 2. The quantitative estimate of drug-likeness (QED) is 0.721. The molecule has 0 spiro atoms. The monoisotopic (exact) mass is 316 g/mol. The molecule has 1 heterocycles. The summed E-state index contributed by atoms with van der Waals surface area (Å²) in [4.78, 5) is 12.5. The number of halogens is 1. The van der Waals surface area contributed by atoms with Gasteiger partial charge in [-0.25, -0.2) is 0 Å². The fourth-order valence-electron chi connectivity index (χ4n) is 2.00. The van der Waals surface area contributed by atoms with Crippen molar-refractivity contribution >= 4 is 21.7 Å². The number of Topliss-reactive ketones (excluding diaryl/α,β-unsaturated/α-hetero) is 1. The molecule has 0 bridgehead atoms. The molecular formula is C12H17BrN2O3. The lowest BCUT2D eigenvalue weighted by Gasteiger charge is -2.14. The normalized spacial score (nSPS) is 16.8. The van der Waals surface area contributed by atoms with Crippen molar-refractivity contribution in [3.05, 3.63) is 16.4 Å². The molecule has 5 nitrogen and oxygen atoms in total. The van der Waals surface area contributed by atoms with E-state index >= 15 is 0 Å². The van der Waals surface area contributed by atoms with Gasteiger partial charge in [0.05, 0.1) is 23.8 Å². The van der Waals surface area contributed by atoms with Gasteiger partial charge in [-0.2, -0.15) is 5.10 Å². The summed E-state index contributed by atoms with van der Waals surface area (Å²) in [6.07, 6.45) is 3.42. The van der Waals surface area contributed by atoms with Gasteiger partial charge < -0.3 is 9.47 Å². The average Bonchev–Trinajstić information content (AvgIpc) is 3.11. The maximum absolute atomic E-state index is 12.5. The Balaban J connectivity index is 2.19. The van der Waals surface area contributed by atoms with E-state index in [1.165, 1.54) is 0 Å². The van der Waals surface area contributed by atoms with Gasteiger partial charge in [-0.3, -0.25) is 9.48 Å². The van der Waals surface area contributed by atoms with Crippen LogP contribution in [0.1, 0.15) is 23.3 Å². The van der Waals surface area contributed by atoms with Crippen LogP contribution in [0.4, 0.5) is 0 Å². The Bertz CT molecular complexity index is 429. The standard InChI is InChI=1S/C12H17BrN2O3/c1-17-6-5-15-10(9(13)7-14-15)11(16)12(18-2)8-3-4-8/h7-8,12H,3-6H2,1-2H3. The van der Waals surface area contributed by atoms with Crippen LogP contribution in [0.3, 0.4) is 0 Å². The van der Waals surface area contributed by atoms with Crippen LogP contribution in [0.5, 0.6) is 0 Å². The fraction of sp³-hybridized carbons (Fsp3) is 0.667. The summed E-state index contributed by atoms with van der Waals surface area (Å²) in [6.45, 7) is 1.08. The number of nitrogens with zero attached hydrogens (tertiary/aromatic N) is 2. The van der Waals surface area contributed by atoms with Crippen LogP contribution in [0, 0.1) is 5.92 Å².